The molecule has 3 fully saturated rings. The highest BCUT2D eigenvalue weighted by atomic mass is 16.6. The zero-order valence-corrected chi connectivity index (χ0v) is 15.9. The lowest BCUT2D eigenvalue weighted by atomic mass is 9.47. The topological polar surface area (TPSA) is 79.1 Å². The zero-order chi connectivity index (χ0) is 18.5. The standard InChI is InChI=1S/C21H31NO4/c1-20-9-7-14(22-26-12-19(24)25)11-13(20)3-4-15-16-5-6-18(23)21(16,2)10-8-17(15)20/h11,15-18,23H,3-10,12H2,1-2H3,(H,24,25)/b22-14+/t15-,16-,17-,18+,20+,21+/m1/s1. The maximum Gasteiger partial charge on any atom is 0.344 e. The number of aliphatic carboxylic acids is 1. The summed E-state index contributed by atoms with van der Waals surface area (Å²) in [6, 6.07) is 0. The van der Waals surface area contributed by atoms with E-state index < -0.39 is 5.97 Å². The van der Waals surface area contributed by atoms with Crippen LogP contribution in [-0.4, -0.2) is 34.6 Å². The minimum atomic E-state index is -0.993. The predicted molar refractivity (Wildman–Crippen MR) is 98.7 cm³/mol. The van der Waals surface area contributed by atoms with Crippen LogP contribution in [0, 0.1) is 28.6 Å². The summed E-state index contributed by atoms with van der Waals surface area (Å²) in [5, 5.41) is 23.3. The van der Waals surface area contributed by atoms with E-state index in [1.54, 1.807) is 0 Å². The maximum atomic E-state index is 10.6. The number of carboxylic acids is 1. The third-order valence-electron chi connectivity index (χ3n) is 8.30. The van der Waals surface area contributed by atoms with Crippen molar-refractivity contribution in [2.45, 2.75) is 71.3 Å². The number of oxime groups is 1. The second kappa shape index (κ2) is 6.36. The lowest BCUT2D eigenvalue weighted by Crippen LogP contribution is -2.51. The molecule has 2 N–H and O–H groups in total. The summed E-state index contributed by atoms with van der Waals surface area (Å²) in [4.78, 5) is 15.5. The van der Waals surface area contributed by atoms with Crippen molar-refractivity contribution >= 4 is 11.7 Å². The van der Waals surface area contributed by atoms with Crippen LogP contribution in [0.25, 0.3) is 0 Å². The number of carbonyl (C=O) groups is 1. The largest absolute Gasteiger partial charge is 0.479 e. The molecule has 26 heavy (non-hydrogen) atoms. The van der Waals surface area contributed by atoms with Gasteiger partial charge in [-0.1, -0.05) is 24.6 Å². The first-order valence-corrected chi connectivity index (χ1v) is 10.1. The number of hydrogen-bond donors (Lipinski definition) is 2. The molecule has 4 rings (SSSR count). The molecule has 6 atom stereocenters. The highest BCUT2D eigenvalue weighted by molar-refractivity contribution is 5.96. The first kappa shape index (κ1) is 18.0. The summed E-state index contributed by atoms with van der Waals surface area (Å²) in [5.41, 5.74) is 2.72. The van der Waals surface area contributed by atoms with Crippen molar-refractivity contribution in [2.75, 3.05) is 6.61 Å². The van der Waals surface area contributed by atoms with Gasteiger partial charge in [-0.25, -0.2) is 4.79 Å². The summed E-state index contributed by atoms with van der Waals surface area (Å²) in [6.07, 6.45) is 10.8. The monoisotopic (exact) mass is 361 g/mol. The molecule has 4 aliphatic carbocycles. The molecule has 0 spiro atoms. The summed E-state index contributed by atoms with van der Waals surface area (Å²) < 4.78 is 0. The highest BCUT2D eigenvalue weighted by Crippen LogP contribution is 2.65. The quantitative estimate of drug-likeness (QED) is 0.750. The lowest BCUT2D eigenvalue weighted by molar-refractivity contribution is -0.142. The molecule has 0 heterocycles. The van der Waals surface area contributed by atoms with Crippen molar-refractivity contribution < 1.29 is 19.8 Å². The van der Waals surface area contributed by atoms with Crippen LogP contribution in [0.4, 0.5) is 0 Å². The molecule has 0 saturated heterocycles. The van der Waals surface area contributed by atoms with Crippen LogP contribution in [0.1, 0.15) is 65.2 Å². The smallest absolute Gasteiger partial charge is 0.344 e. The minimum Gasteiger partial charge on any atom is -0.479 e. The van der Waals surface area contributed by atoms with E-state index in [0.29, 0.717) is 11.8 Å². The third-order valence-corrected chi connectivity index (χ3v) is 8.30. The molecule has 3 saturated carbocycles. The van der Waals surface area contributed by atoms with Crippen LogP contribution in [0.3, 0.4) is 0 Å². The number of rotatable bonds is 3. The predicted octanol–water partition coefficient (Wildman–Crippen LogP) is 3.77. The number of aliphatic hydroxyl groups excluding tert-OH is 1. The molecule has 5 heteroatoms. The van der Waals surface area contributed by atoms with Gasteiger partial charge in [-0.15, -0.1) is 0 Å². The average Bonchev–Trinajstić information content (AvgIpc) is 2.90. The second-order valence-corrected chi connectivity index (χ2v) is 9.39. The molecular formula is C21H31NO4. The van der Waals surface area contributed by atoms with Crippen LogP contribution in [0.5, 0.6) is 0 Å². The van der Waals surface area contributed by atoms with E-state index in [9.17, 15) is 9.90 Å². The zero-order valence-electron chi connectivity index (χ0n) is 15.9. The van der Waals surface area contributed by atoms with Crippen molar-refractivity contribution in [1.82, 2.24) is 0 Å². The Morgan fingerprint density at radius 3 is 2.77 bits per heavy atom. The van der Waals surface area contributed by atoms with Crippen LogP contribution in [0.15, 0.2) is 16.8 Å². The van der Waals surface area contributed by atoms with E-state index in [1.807, 2.05) is 0 Å². The Morgan fingerprint density at radius 1 is 1.19 bits per heavy atom. The highest BCUT2D eigenvalue weighted by Gasteiger charge is 2.58. The van der Waals surface area contributed by atoms with E-state index in [0.717, 1.165) is 43.7 Å². The molecule has 0 aromatic carbocycles. The van der Waals surface area contributed by atoms with E-state index >= 15 is 0 Å². The molecule has 0 radical (unpaired) electrons. The second-order valence-electron chi connectivity index (χ2n) is 9.39. The van der Waals surface area contributed by atoms with Gasteiger partial charge in [-0.05, 0) is 86.0 Å². The van der Waals surface area contributed by atoms with Gasteiger partial charge < -0.3 is 15.1 Å². The Morgan fingerprint density at radius 2 is 2.00 bits per heavy atom. The van der Waals surface area contributed by atoms with E-state index in [2.05, 4.69) is 25.1 Å². The molecule has 144 valence electrons. The molecule has 0 aliphatic heterocycles. The molecule has 0 bridgehead atoms. The number of carboxylic acid groups (broad SMARTS) is 1. The van der Waals surface area contributed by atoms with Gasteiger partial charge in [-0.2, -0.15) is 0 Å². The molecule has 0 aromatic heterocycles. The Hall–Kier alpha value is -1.36. The number of aliphatic hydroxyl groups is 1. The first-order chi connectivity index (χ1) is 12.3. The fraction of sp³-hybridized carbons (Fsp3) is 0.810. The lowest BCUT2D eigenvalue weighted by Gasteiger charge is -2.57. The third kappa shape index (κ3) is 2.70. The molecule has 0 unspecified atom stereocenters. The van der Waals surface area contributed by atoms with Crippen molar-refractivity contribution in [3.05, 3.63) is 11.6 Å². The van der Waals surface area contributed by atoms with Gasteiger partial charge in [0.05, 0.1) is 11.8 Å². The Bertz CT molecular complexity index is 656. The number of fused-ring (bicyclic) bond motifs is 5. The summed E-state index contributed by atoms with van der Waals surface area (Å²) in [5.74, 6) is 1.11. The summed E-state index contributed by atoms with van der Waals surface area (Å²) in [6.45, 7) is 4.38. The molecule has 0 aromatic rings. The van der Waals surface area contributed by atoms with Gasteiger partial charge in [0, 0.05) is 0 Å². The molecule has 4 aliphatic rings. The molecule has 0 amide bonds. The van der Waals surface area contributed by atoms with Crippen LogP contribution < -0.4 is 0 Å². The van der Waals surface area contributed by atoms with E-state index in [1.165, 1.54) is 24.8 Å². The van der Waals surface area contributed by atoms with Crippen molar-refractivity contribution in [1.29, 1.82) is 0 Å². The SMILES string of the molecule is C[C@]12CC[C@@H]3[C@H](CCC4=C/C(=N/OCC(=O)O)CC[C@@]43C)[C@H]1CC[C@@H]2O. The Balaban J connectivity index is 1.55. The van der Waals surface area contributed by atoms with Crippen molar-refractivity contribution in [2.24, 2.45) is 33.7 Å². The molecule has 5 nitrogen and oxygen atoms in total. The fourth-order valence-corrected chi connectivity index (χ4v) is 6.79. The van der Waals surface area contributed by atoms with Gasteiger partial charge in [0.25, 0.3) is 0 Å². The number of hydrogen-bond acceptors (Lipinski definition) is 4. The van der Waals surface area contributed by atoms with Crippen molar-refractivity contribution in [3.8, 4) is 0 Å². The van der Waals surface area contributed by atoms with Crippen LogP contribution in [-0.2, 0) is 9.63 Å². The normalized spacial score (nSPS) is 46.1. The fourth-order valence-electron chi connectivity index (χ4n) is 6.79. The van der Waals surface area contributed by atoms with E-state index in [4.69, 9.17) is 9.94 Å². The summed E-state index contributed by atoms with van der Waals surface area (Å²) >= 11 is 0. The summed E-state index contributed by atoms with van der Waals surface area (Å²) in [7, 11) is 0. The van der Waals surface area contributed by atoms with E-state index in [-0.39, 0.29) is 23.5 Å². The minimum absolute atomic E-state index is 0.116. The van der Waals surface area contributed by atoms with Gasteiger partial charge in [-0.3, -0.25) is 0 Å². The molecular weight excluding hydrogens is 330 g/mol. The van der Waals surface area contributed by atoms with Gasteiger partial charge in [0.2, 0.25) is 6.61 Å². The average molecular weight is 361 g/mol. The van der Waals surface area contributed by atoms with Gasteiger partial charge in [0.15, 0.2) is 0 Å². The Labute approximate surface area is 155 Å². The first-order valence-electron chi connectivity index (χ1n) is 10.1. The van der Waals surface area contributed by atoms with Gasteiger partial charge >= 0.3 is 5.97 Å². The van der Waals surface area contributed by atoms with Crippen LogP contribution >= 0.6 is 0 Å². The number of nitrogens with zero attached hydrogens (tertiary/aromatic N) is 1. The Kier molecular flexibility index (Phi) is 4.41. The van der Waals surface area contributed by atoms with Crippen LogP contribution in [0.2, 0.25) is 0 Å². The van der Waals surface area contributed by atoms with Gasteiger partial charge in [0.1, 0.15) is 0 Å². The number of allylic oxidation sites excluding steroid dienone is 2. The maximum absolute atomic E-state index is 10.6. The van der Waals surface area contributed by atoms with Crippen molar-refractivity contribution in [3.63, 3.8) is 0 Å².